The lowest BCUT2D eigenvalue weighted by atomic mass is 10.2. The molecule has 0 radical (unpaired) electrons. The number of methoxy groups -OCH3 is 1. The van der Waals surface area contributed by atoms with E-state index in [9.17, 15) is 4.79 Å². The molecule has 0 saturated heterocycles. The van der Waals surface area contributed by atoms with Gasteiger partial charge in [-0.3, -0.25) is 10.1 Å². The standard InChI is InChI=1S/C21H24N2O2S/c1-3-15-23(16-18-7-5-4-6-8-18)21(26)22-20(24)14-11-17-9-12-19(25-2)13-10-17/h4-14H,3,15-16H2,1-2H3,(H,22,24,26)/b14-11+. The molecule has 0 spiro atoms. The van der Waals surface area contributed by atoms with Gasteiger partial charge in [0.15, 0.2) is 5.11 Å². The van der Waals surface area contributed by atoms with Crippen molar-refractivity contribution in [3.8, 4) is 5.75 Å². The number of nitrogens with zero attached hydrogens (tertiary/aromatic N) is 1. The summed E-state index contributed by atoms with van der Waals surface area (Å²) >= 11 is 5.42. The van der Waals surface area contributed by atoms with Crippen LogP contribution in [0, 0.1) is 0 Å². The molecular formula is C21H24N2O2S. The van der Waals surface area contributed by atoms with E-state index in [4.69, 9.17) is 17.0 Å². The minimum atomic E-state index is -0.236. The SMILES string of the molecule is CCCN(Cc1ccccc1)C(=S)NC(=O)/C=C/c1ccc(OC)cc1. The minimum absolute atomic E-state index is 0.236. The molecule has 0 aliphatic carbocycles. The molecule has 0 aliphatic rings. The van der Waals surface area contributed by atoms with E-state index < -0.39 is 0 Å². The number of hydrogen-bond donors (Lipinski definition) is 1. The fourth-order valence-electron chi connectivity index (χ4n) is 2.44. The number of nitrogens with one attached hydrogen (secondary N) is 1. The number of rotatable bonds is 7. The predicted octanol–water partition coefficient (Wildman–Crippen LogP) is 4.02. The van der Waals surface area contributed by atoms with Crippen LogP contribution >= 0.6 is 12.2 Å². The van der Waals surface area contributed by atoms with Gasteiger partial charge in [0.25, 0.3) is 0 Å². The van der Waals surface area contributed by atoms with Crippen LogP contribution in [0.25, 0.3) is 6.08 Å². The van der Waals surface area contributed by atoms with Gasteiger partial charge in [-0.1, -0.05) is 49.4 Å². The molecular weight excluding hydrogens is 344 g/mol. The smallest absolute Gasteiger partial charge is 0.250 e. The van der Waals surface area contributed by atoms with Crippen molar-refractivity contribution in [3.05, 3.63) is 71.8 Å². The summed E-state index contributed by atoms with van der Waals surface area (Å²) < 4.78 is 5.12. The zero-order chi connectivity index (χ0) is 18.8. The molecule has 0 atom stereocenters. The number of carbonyl (C=O) groups excluding carboxylic acids is 1. The highest BCUT2D eigenvalue weighted by molar-refractivity contribution is 7.80. The Balaban J connectivity index is 1.94. The van der Waals surface area contributed by atoms with Gasteiger partial charge in [-0.25, -0.2) is 0 Å². The number of ether oxygens (including phenoxy) is 1. The molecule has 136 valence electrons. The fourth-order valence-corrected chi connectivity index (χ4v) is 2.70. The molecule has 0 fully saturated rings. The Bertz CT molecular complexity index is 742. The van der Waals surface area contributed by atoms with Crippen LogP contribution < -0.4 is 10.1 Å². The molecule has 4 nitrogen and oxygen atoms in total. The van der Waals surface area contributed by atoms with Crippen molar-refractivity contribution in [1.29, 1.82) is 0 Å². The first-order chi connectivity index (χ1) is 12.6. The molecule has 0 saturated carbocycles. The summed E-state index contributed by atoms with van der Waals surface area (Å²) in [6.45, 7) is 3.55. The van der Waals surface area contributed by atoms with E-state index >= 15 is 0 Å². The van der Waals surface area contributed by atoms with Crippen LogP contribution in [0.5, 0.6) is 5.75 Å². The molecule has 0 bridgehead atoms. The molecule has 0 unspecified atom stereocenters. The van der Waals surface area contributed by atoms with Gasteiger partial charge < -0.3 is 9.64 Å². The Labute approximate surface area is 160 Å². The number of thiocarbonyl (C=S) groups is 1. The fraction of sp³-hybridized carbons (Fsp3) is 0.238. The van der Waals surface area contributed by atoms with Gasteiger partial charge in [0, 0.05) is 19.2 Å². The van der Waals surface area contributed by atoms with Crippen molar-refractivity contribution in [2.24, 2.45) is 0 Å². The topological polar surface area (TPSA) is 41.6 Å². The largest absolute Gasteiger partial charge is 0.497 e. The molecule has 2 aromatic rings. The van der Waals surface area contributed by atoms with Gasteiger partial charge in [0.05, 0.1) is 7.11 Å². The average Bonchev–Trinajstić information content (AvgIpc) is 2.67. The van der Waals surface area contributed by atoms with E-state index in [0.717, 1.165) is 29.8 Å². The molecule has 0 aromatic heterocycles. The lowest BCUT2D eigenvalue weighted by Gasteiger charge is -2.24. The lowest BCUT2D eigenvalue weighted by molar-refractivity contribution is -0.115. The Hall–Kier alpha value is -2.66. The number of hydrogen-bond acceptors (Lipinski definition) is 3. The van der Waals surface area contributed by atoms with Crippen LogP contribution in [0.2, 0.25) is 0 Å². The normalized spacial score (nSPS) is 10.5. The Morgan fingerprint density at radius 1 is 1.15 bits per heavy atom. The van der Waals surface area contributed by atoms with E-state index in [1.54, 1.807) is 13.2 Å². The molecule has 0 heterocycles. The summed E-state index contributed by atoms with van der Waals surface area (Å²) in [6.07, 6.45) is 4.18. The lowest BCUT2D eigenvalue weighted by Crippen LogP contribution is -2.42. The van der Waals surface area contributed by atoms with Gasteiger partial charge in [-0.2, -0.15) is 0 Å². The van der Waals surface area contributed by atoms with E-state index in [1.807, 2.05) is 47.4 Å². The van der Waals surface area contributed by atoms with E-state index in [0.29, 0.717) is 11.7 Å². The van der Waals surface area contributed by atoms with Crippen molar-refractivity contribution in [2.75, 3.05) is 13.7 Å². The molecule has 5 heteroatoms. The van der Waals surface area contributed by atoms with Gasteiger partial charge in [0.2, 0.25) is 5.91 Å². The van der Waals surface area contributed by atoms with Gasteiger partial charge in [0.1, 0.15) is 5.75 Å². The summed E-state index contributed by atoms with van der Waals surface area (Å²) in [6, 6.07) is 17.6. The van der Waals surface area contributed by atoms with Gasteiger partial charge in [-0.15, -0.1) is 0 Å². The summed E-state index contributed by atoms with van der Waals surface area (Å²) in [7, 11) is 1.62. The zero-order valence-electron chi connectivity index (χ0n) is 15.1. The van der Waals surface area contributed by atoms with Crippen LogP contribution in [0.15, 0.2) is 60.7 Å². The molecule has 1 N–H and O–H groups in total. The van der Waals surface area contributed by atoms with Crippen molar-refractivity contribution in [3.63, 3.8) is 0 Å². The van der Waals surface area contributed by atoms with E-state index in [1.165, 1.54) is 6.08 Å². The summed E-state index contributed by atoms with van der Waals surface area (Å²) in [5.74, 6) is 0.545. The summed E-state index contributed by atoms with van der Waals surface area (Å²) in [5, 5.41) is 3.23. The van der Waals surface area contributed by atoms with Crippen LogP contribution in [0.1, 0.15) is 24.5 Å². The average molecular weight is 369 g/mol. The number of carbonyl (C=O) groups is 1. The molecule has 26 heavy (non-hydrogen) atoms. The maximum atomic E-state index is 12.2. The second-order valence-electron chi connectivity index (χ2n) is 5.81. The zero-order valence-corrected chi connectivity index (χ0v) is 16.0. The van der Waals surface area contributed by atoms with Crippen molar-refractivity contribution < 1.29 is 9.53 Å². The Morgan fingerprint density at radius 3 is 2.46 bits per heavy atom. The first-order valence-corrected chi connectivity index (χ1v) is 8.99. The Morgan fingerprint density at radius 2 is 1.85 bits per heavy atom. The third kappa shape index (κ3) is 6.33. The molecule has 2 aromatic carbocycles. The van der Waals surface area contributed by atoms with Crippen LogP contribution in [0.4, 0.5) is 0 Å². The molecule has 0 aliphatic heterocycles. The molecule has 1 amide bonds. The van der Waals surface area contributed by atoms with E-state index in [2.05, 4.69) is 24.4 Å². The number of amides is 1. The highest BCUT2D eigenvalue weighted by atomic mass is 32.1. The van der Waals surface area contributed by atoms with Gasteiger partial charge in [-0.05, 0) is 48.0 Å². The summed E-state index contributed by atoms with van der Waals surface area (Å²) in [5.41, 5.74) is 2.08. The van der Waals surface area contributed by atoms with Crippen LogP contribution in [-0.4, -0.2) is 29.6 Å². The third-order valence-corrected chi connectivity index (χ3v) is 4.13. The quantitative estimate of drug-likeness (QED) is 0.592. The first-order valence-electron chi connectivity index (χ1n) is 8.58. The maximum Gasteiger partial charge on any atom is 0.250 e. The summed E-state index contributed by atoms with van der Waals surface area (Å²) in [4.78, 5) is 14.2. The maximum absolute atomic E-state index is 12.2. The predicted molar refractivity (Wildman–Crippen MR) is 110 cm³/mol. The Kier molecular flexibility index (Phi) is 7.83. The minimum Gasteiger partial charge on any atom is -0.497 e. The van der Waals surface area contributed by atoms with E-state index in [-0.39, 0.29) is 5.91 Å². The van der Waals surface area contributed by atoms with Crippen molar-refractivity contribution >= 4 is 29.3 Å². The number of benzene rings is 2. The van der Waals surface area contributed by atoms with Crippen LogP contribution in [0.3, 0.4) is 0 Å². The van der Waals surface area contributed by atoms with Gasteiger partial charge >= 0.3 is 0 Å². The van der Waals surface area contributed by atoms with Crippen LogP contribution in [-0.2, 0) is 11.3 Å². The second-order valence-corrected chi connectivity index (χ2v) is 6.19. The highest BCUT2D eigenvalue weighted by Gasteiger charge is 2.11. The first kappa shape index (κ1) is 19.7. The highest BCUT2D eigenvalue weighted by Crippen LogP contribution is 2.12. The monoisotopic (exact) mass is 368 g/mol. The molecule has 2 rings (SSSR count). The third-order valence-electron chi connectivity index (χ3n) is 3.77. The van der Waals surface area contributed by atoms with Crippen molar-refractivity contribution in [2.45, 2.75) is 19.9 Å². The van der Waals surface area contributed by atoms with Crippen molar-refractivity contribution in [1.82, 2.24) is 10.2 Å². The second kappa shape index (κ2) is 10.4.